The van der Waals surface area contributed by atoms with Crippen molar-refractivity contribution in [2.45, 2.75) is 128 Å². The van der Waals surface area contributed by atoms with E-state index in [9.17, 15) is 0 Å². The second-order valence-corrected chi connectivity index (χ2v) is 11.4. The molecule has 2 saturated carbocycles. The van der Waals surface area contributed by atoms with Gasteiger partial charge in [0.25, 0.3) is 0 Å². The molecular weight excluding hydrogens is 414 g/mol. The van der Waals surface area contributed by atoms with E-state index in [0.717, 1.165) is 50.4 Å². The van der Waals surface area contributed by atoms with Gasteiger partial charge in [0.1, 0.15) is 0 Å². The maximum atomic E-state index is 15.1. The molecule has 33 heavy (non-hydrogen) atoms. The first-order valence-corrected chi connectivity index (χ1v) is 14.2. The minimum Gasteiger partial charge on any atom is -0.377 e. The lowest BCUT2D eigenvalue weighted by molar-refractivity contribution is -0.0441. The third kappa shape index (κ3) is 6.19. The van der Waals surface area contributed by atoms with Gasteiger partial charge in [-0.2, -0.15) is 0 Å². The molecule has 0 bridgehead atoms. The Morgan fingerprint density at radius 2 is 1.33 bits per heavy atom. The fraction of sp³-hybridized carbons (Fsp3) is 0.800. The summed E-state index contributed by atoms with van der Waals surface area (Å²) in [7, 11) is 0. The Hall–Kier alpha value is -0.960. The normalized spacial score (nSPS) is 33.2. The van der Waals surface area contributed by atoms with Crippen molar-refractivity contribution in [3.05, 3.63) is 34.9 Å². The second-order valence-electron chi connectivity index (χ2n) is 11.4. The highest BCUT2D eigenvalue weighted by Crippen LogP contribution is 2.42. The van der Waals surface area contributed by atoms with E-state index in [1.54, 1.807) is 0 Å². The average molecular weight is 461 g/mol. The van der Waals surface area contributed by atoms with Gasteiger partial charge in [-0.3, -0.25) is 0 Å². The van der Waals surface area contributed by atoms with Crippen molar-refractivity contribution in [2.24, 2.45) is 17.8 Å². The zero-order valence-corrected chi connectivity index (χ0v) is 21.1. The molecule has 2 atom stereocenters. The zero-order chi connectivity index (χ0) is 23.2. The highest BCUT2D eigenvalue weighted by atomic mass is 19.2. The van der Waals surface area contributed by atoms with Gasteiger partial charge < -0.3 is 4.74 Å². The van der Waals surface area contributed by atoms with E-state index < -0.39 is 11.6 Å². The minimum atomic E-state index is -0.607. The van der Waals surface area contributed by atoms with Gasteiger partial charge in [-0.25, -0.2) is 8.78 Å². The van der Waals surface area contributed by atoms with Crippen LogP contribution >= 0.6 is 0 Å². The smallest absolute Gasteiger partial charge is 0.162 e. The summed E-state index contributed by atoms with van der Waals surface area (Å²) in [6.07, 6.45) is 18.4. The molecule has 0 aromatic heterocycles. The van der Waals surface area contributed by atoms with E-state index in [2.05, 4.69) is 13.8 Å². The maximum absolute atomic E-state index is 15.1. The largest absolute Gasteiger partial charge is 0.377 e. The van der Waals surface area contributed by atoms with Crippen LogP contribution in [0.2, 0.25) is 0 Å². The lowest BCUT2D eigenvalue weighted by Gasteiger charge is -2.38. The number of halogens is 2. The predicted octanol–water partition coefficient (Wildman–Crippen LogP) is 9.30. The van der Waals surface area contributed by atoms with Crippen LogP contribution in [0, 0.1) is 29.4 Å². The number of hydrogen-bond acceptors (Lipinski definition) is 1. The highest BCUT2D eigenvalue weighted by Gasteiger charge is 2.34. The molecule has 0 amide bonds. The molecule has 1 aromatic rings. The van der Waals surface area contributed by atoms with Gasteiger partial charge in [0, 0.05) is 5.92 Å². The van der Waals surface area contributed by atoms with E-state index in [1.165, 1.54) is 57.8 Å². The quantitative estimate of drug-likeness (QED) is 0.351. The molecule has 3 aliphatic rings. The molecule has 1 heterocycles. The summed E-state index contributed by atoms with van der Waals surface area (Å²) in [4.78, 5) is 0. The molecule has 4 rings (SSSR count). The van der Waals surface area contributed by atoms with Crippen LogP contribution in [-0.2, 0) is 4.74 Å². The Bertz CT molecular complexity index is 723. The first-order valence-electron chi connectivity index (χ1n) is 14.2. The van der Waals surface area contributed by atoms with Crippen molar-refractivity contribution in [2.75, 3.05) is 6.61 Å². The van der Waals surface area contributed by atoms with Crippen LogP contribution < -0.4 is 0 Å². The Kier molecular flexibility index (Phi) is 9.25. The number of ether oxygens (including phenoxy) is 1. The Morgan fingerprint density at radius 1 is 0.727 bits per heavy atom. The topological polar surface area (TPSA) is 9.23 Å². The summed E-state index contributed by atoms with van der Waals surface area (Å²) in [5, 5.41) is 0. The number of unbranched alkanes of at least 4 members (excludes halogenated alkanes) is 2. The summed E-state index contributed by atoms with van der Waals surface area (Å²) in [5.41, 5.74) is 1.15. The summed E-state index contributed by atoms with van der Waals surface area (Å²) in [5.74, 6) is 1.32. The molecule has 2 unspecified atom stereocenters. The van der Waals surface area contributed by atoms with Crippen molar-refractivity contribution in [3.8, 4) is 0 Å². The fourth-order valence-corrected chi connectivity index (χ4v) is 7.01. The van der Waals surface area contributed by atoms with Gasteiger partial charge in [-0.1, -0.05) is 70.9 Å². The van der Waals surface area contributed by atoms with Crippen molar-refractivity contribution in [1.29, 1.82) is 0 Å². The first-order chi connectivity index (χ1) is 16.1. The Balaban J connectivity index is 1.28. The van der Waals surface area contributed by atoms with Gasteiger partial charge in [0.15, 0.2) is 11.6 Å². The molecule has 3 heteroatoms. The highest BCUT2D eigenvalue weighted by molar-refractivity contribution is 5.32. The summed E-state index contributed by atoms with van der Waals surface area (Å²) in [6, 6.07) is 3.76. The van der Waals surface area contributed by atoms with Crippen LogP contribution in [0.25, 0.3) is 0 Å². The van der Waals surface area contributed by atoms with Gasteiger partial charge >= 0.3 is 0 Å². The number of hydrogen-bond donors (Lipinski definition) is 0. The van der Waals surface area contributed by atoms with Crippen LogP contribution in [-0.4, -0.2) is 12.7 Å². The zero-order valence-electron chi connectivity index (χ0n) is 21.1. The monoisotopic (exact) mass is 460 g/mol. The Labute approximate surface area is 201 Å². The minimum absolute atomic E-state index is 0.00832. The molecule has 1 nitrogen and oxygen atoms in total. The molecule has 1 aromatic carbocycles. The lowest BCUT2D eigenvalue weighted by Crippen LogP contribution is -2.34. The third-order valence-corrected chi connectivity index (χ3v) is 9.39. The van der Waals surface area contributed by atoms with Crippen LogP contribution in [0.5, 0.6) is 0 Å². The number of benzene rings is 1. The average Bonchev–Trinajstić information content (AvgIpc) is 2.86. The molecular formula is C30H46F2O. The van der Waals surface area contributed by atoms with Gasteiger partial charge in [0.05, 0.1) is 12.7 Å². The predicted molar refractivity (Wildman–Crippen MR) is 133 cm³/mol. The van der Waals surface area contributed by atoms with E-state index >= 15 is 8.78 Å². The van der Waals surface area contributed by atoms with E-state index in [-0.39, 0.29) is 11.8 Å². The van der Waals surface area contributed by atoms with E-state index in [1.807, 2.05) is 12.1 Å². The lowest BCUT2D eigenvalue weighted by atomic mass is 9.75. The molecule has 0 spiro atoms. The molecule has 1 saturated heterocycles. The second kappa shape index (κ2) is 12.1. The third-order valence-electron chi connectivity index (χ3n) is 9.39. The summed E-state index contributed by atoms with van der Waals surface area (Å²) in [6.45, 7) is 5.05. The summed E-state index contributed by atoms with van der Waals surface area (Å²) < 4.78 is 36.5. The van der Waals surface area contributed by atoms with E-state index in [0.29, 0.717) is 29.8 Å². The van der Waals surface area contributed by atoms with Crippen molar-refractivity contribution < 1.29 is 13.5 Å². The van der Waals surface area contributed by atoms with E-state index in [4.69, 9.17) is 4.74 Å². The van der Waals surface area contributed by atoms with Crippen LogP contribution in [0.4, 0.5) is 8.78 Å². The molecule has 0 N–H and O–H groups in total. The fourth-order valence-electron chi connectivity index (χ4n) is 7.01. The molecule has 3 fully saturated rings. The first kappa shape index (κ1) is 25.1. The van der Waals surface area contributed by atoms with Crippen molar-refractivity contribution >= 4 is 0 Å². The van der Waals surface area contributed by atoms with Gasteiger partial charge in [0.2, 0.25) is 0 Å². The molecule has 1 aliphatic heterocycles. The summed E-state index contributed by atoms with van der Waals surface area (Å²) >= 11 is 0. The van der Waals surface area contributed by atoms with Crippen molar-refractivity contribution in [3.63, 3.8) is 0 Å². The van der Waals surface area contributed by atoms with Crippen LogP contribution in [0.3, 0.4) is 0 Å². The molecule has 0 radical (unpaired) electrons. The van der Waals surface area contributed by atoms with Crippen LogP contribution in [0.1, 0.15) is 133 Å². The Morgan fingerprint density at radius 3 is 1.91 bits per heavy atom. The maximum Gasteiger partial charge on any atom is 0.162 e. The molecule has 2 aliphatic carbocycles. The SMILES string of the molecule is CCCCCC1CCC(C2CCC(c3ccc(C4CCC(CC)CC4)c(F)c3F)CO2)CC1. The number of rotatable bonds is 8. The van der Waals surface area contributed by atoms with Crippen molar-refractivity contribution in [1.82, 2.24) is 0 Å². The van der Waals surface area contributed by atoms with Crippen LogP contribution in [0.15, 0.2) is 12.1 Å². The molecule has 186 valence electrons. The van der Waals surface area contributed by atoms with Gasteiger partial charge in [-0.05, 0) is 86.2 Å². The standard InChI is InChI=1S/C30H46F2O/c1-3-5-6-7-22-10-14-24(15-11-22)28-19-16-25(20-33-28)27-18-17-26(29(31)30(27)32)23-12-8-21(4-2)9-13-23/h17-18,21-25,28H,3-16,19-20H2,1-2H3. The van der Waals surface area contributed by atoms with Gasteiger partial charge in [-0.15, -0.1) is 0 Å².